The van der Waals surface area contributed by atoms with Crippen LogP contribution in [0, 0.1) is 0 Å². The van der Waals surface area contributed by atoms with Crippen molar-refractivity contribution in [1.82, 2.24) is 9.47 Å². The lowest BCUT2D eigenvalue weighted by atomic mass is 9.98. The Morgan fingerprint density at radius 1 is 1.00 bits per heavy atom. The number of halogens is 3. The number of aromatic nitrogens is 1. The lowest BCUT2D eigenvalue weighted by Crippen LogP contribution is -2.29. The predicted octanol–water partition coefficient (Wildman–Crippen LogP) is 5.90. The third-order valence-electron chi connectivity index (χ3n) is 5.50. The summed E-state index contributed by atoms with van der Waals surface area (Å²) in [6, 6.07) is 17.4. The van der Waals surface area contributed by atoms with Gasteiger partial charge in [-0.2, -0.15) is 13.2 Å². The highest BCUT2D eigenvalue weighted by molar-refractivity contribution is 5.35. The summed E-state index contributed by atoms with van der Waals surface area (Å²) < 4.78 is 47.8. The molecule has 0 fully saturated rings. The molecule has 2 heterocycles. The fraction of sp³-hybridized carbons (Fsp3) is 0.333. The fourth-order valence-electron chi connectivity index (χ4n) is 4.17. The van der Waals surface area contributed by atoms with Gasteiger partial charge in [-0.05, 0) is 60.9 Å². The van der Waals surface area contributed by atoms with Crippen LogP contribution in [0.15, 0.2) is 66.9 Å². The molecule has 0 saturated carbocycles. The summed E-state index contributed by atoms with van der Waals surface area (Å²) >= 11 is 0. The molecule has 30 heavy (non-hydrogen) atoms. The van der Waals surface area contributed by atoms with E-state index in [1.54, 1.807) is 6.07 Å². The maximum absolute atomic E-state index is 13.4. The van der Waals surface area contributed by atoms with Crippen LogP contribution in [0.2, 0.25) is 0 Å². The highest BCUT2D eigenvalue weighted by Gasteiger charge is 2.33. The first kappa shape index (κ1) is 20.5. The minimum atomic E-state index is -4.36. The van der Waals surface area contributed by atoms with Crippen LogP contribution in [0.4, 0.5) is 13.2 Å². The minimum Gasteiger partial charge on any atom is -0.494 e. The molecule has 1 aliphatic heterocycles. The molecule has 1 unspecified atom stereocenters. The molecule has 0 spiro atoms. The molecule has 4 rings (SSSR count). The van der Waals surface area contributed by atoms with Crippen molar-refractivity contribution in [3.8, 4) is 5.75 Å². The molecule has 1 atom stereocenters. The van der Waals surface area contributed by atoms with Gasteiger partial charge in [0.15, 0.2) is 0 Å². The number of benzene rings is 2. The zero-order valence-corrected chi connectivity index (χ0v) is 16.9. The molecule has 0 bridgehead atoms. The first-order valence-electron chi connectivity index (χ1n) is 10.2. The maximum atomic E-state index is 13.4. The third-order valence-corrected chi connectivity index (χ3v) is 5.50. The molecular formula is C24H25F3N2O. The summed E-state index contributed by atoms with van der Waals surface area (Å²) in [6.07, 6.45) is -1.41. The predicted molar refractivity (Wildman–Crippen MR) is 110 cm³/mol. The summed E-state index contributed by atoms with van der Waals surface area (Å²) in [5.41, 5.74) is 2.19. The molecule has 0 radical (unpaired) electrons. The largest absolute Gasteiger partial charge is 0.494 e. The third kappa shape index (κ3) is 4.38. The summed E-state index contributed by atoms with van der Waals surface area (Å²) in [4.78, 5) is 2.27. The van der Waals surface area contributed by atoms with Crippen molar-refractivity contribution < 1.29 is 17.9 Å². The molecule has 1 aromatic heterocycles. The number of alkyl halides is 3. The second kappa shape index (κ2) is 8.56. The summed E-state index contributed by atoms with van der Waals surface area (Å²) in [5, 5.41) is 0. The van der Waals surface area contributed by atoms with Crippen molar-refractivity contribution in [1.29, 1.82) is 0 Å². The molecule has 2 aromatic carbocycles. The molecule has 6 heteroatoms. The van der Waals surface area contributed by atoms with E-state index in [1.165, 1.54) is 12.1 Å². The van der Waals surface area contributed by atoms with Crippen molar-refractivity contribution >= 4 is 0 Å². The Kier molecular flexibility index (Phi) is 5.86. The van der Waals surface area contributed by atoms with Crippen LogP contribution < -0.4 is 4.74 Å². The highest BCUT2D eigenvalue weighted by Crippen LogP contribution is 2.36. The minimum absolute atomic E-state index is 0.239. The molecule has 0 aliphatic carbocycles. The van der Waals surface area contributed by atoms with Crippen LogP contribution in [0.1, 0.15) is 41.8 Å². The van der Waals surface area contributed by atoms with E-state index in [9.17, 15) is 13.2 Å². The number of rotatable bonds is 5. The number of aryl methyl sites for hydroxylation is 1. The lowest BCUT2D eigenvalue weighted by molar-refractivity contribution is -0.137. The van der Waals surface area contributed by atoms with Gasteiger partial charge >= 0.3 is 6.18 Å². The molecule has 3 nitrogen and oxygen atoms in total. The summed E-state index contributed by atoms with van der Waals surface area (Å²) in [7, 11) is 0. The van der Waals surface area contributed by atoms with Crippen LogP contribution in [0.3, 0.4) is 0 Å². The SMILES string of the molecule is CCOc1ccc(CN2CCCn3cccc3C2c2cccc(C(F)(F)F)c2)cc1. The van der Waals surface area contributed by atoms with Crippen LogP contribution in [-0.2, 0) is 19.3 Å². The number of hydrogen-bond donors (Lipinski definition) is 0. The Labute approximate surface area is 174 Å². The Morgan fingerprint density at radius 2 is 1.80 bits per heavy atom. The van der Waals surface area contributed by atoms with Crippen LogP contribution in [0.25, 0.3) is 0 Å². The number of ether oxygens (including phenoxy) is 1. The van der Waals surface area contributed by atoms with Crippen LogP contribution >= 0.6 is 0 Å². The molecular weight excluding hydrogens is 389 g/mol. The zero-order valence-electron chi connectivity index (χ0n) is 16.9. The second-order valence-corrected chi connectivity index (χ2v) is 7.55. The van der Waals surface area contributed by atoms with Gasteiger partial charge in [-0.25, -0.2) is 0 Å². The van der Waals surface area contributed by atoms with Gasteiger partial charge in [-0.15, -0.1) is 0 Å². The number of nitrogens with zero attached hydrogens (tertiary/aromatic N) is 2. The van der Waals surface area contributed by atoms with E-state index in [4.69, 9.17) is 4.74 Å². The van der Waals surface area contributed by atoms with E-state index in [1.807, 2.05) is 49.5 Å². The van der Waals surface area contributed by atoms with Crippen molar-refractivity contribution in [3.63, 3.8) is 0 Å². The maximum Gasteiger partial charge on any atom is 0.416 e. The van der Waals surface area contributed by atoms with Crippen LogP contribution in [-0.4, -0.2) is 22.6 Å². The smallest absolute Gasteiger partial charge is 0.416 e. The molecule has 158 valence electrons. The Bertz CT molecular complexity index is 979. The van der Waals surface area contributed by atoms with Crippen molar-refractivity contribution in [2.24, 2.45) is 0 Å². The molecule has 1 aliphatic rings. The van der Waals surface area contributed by atoms with Gasteiger partial charge in [0.05, 0.1) is 18.2 Å². The van der Waals surface area contributed by atoms with E-state index in [-0.39, 0.29) is 6.04 Å². The van der Waals surface area contributed by atoms with Gasteiger partial charge in [-0.1, -0.05) is 24.3 Å². The topological polar surface area (TPSA) is 17.4 Å². The Hall–Kier alpha value is -2.73. The van der Waals surface area contributed by atoms with Gasteiger partial charge in [0.1, 0.15) is 5.75 Å². The van der Waals surface area contributed by atoms with E-state index in [0.29, 0.717) is 18.7 Å². The zero-order chi connectivity index (χ0) is 21.1. The van der Waals surface area contributed by atoms with Gasteiger partial charge in [0.2, 0.25) is 0 Å². The number of fused-ring (bicyclic) bond motifs is 1. The summed E-state index contributed by atoms with van der Waals surface area (Å²) in [6.45, 7) is 4.87. The Balaban J connectivity index is 1.70. The lowest BCUT2D eigenvalue weighted by Gasteiger charge is -2.31. The fourth-order valence-corrected chi connectivity index (χ4v) is 4.17. The summed E-state index contributed by atoms with van der Waals surface area (Å²) in [5.74, 6) is 0.820. The van der Waals surface area contributed by atoms with E-state index < -0.39 is 11.7 Å². The molecule has 0 saturated heterocycles. The Morgan fingerprint density at radius 3 is 2.53 bits per heavy atom. The highest BCUT2D eigenvalue weighted by atomic mass is 19.4. The molecule has 0 amide bonds. The molecule has 3 aromatic rings. The average molecular weight is 414 g/mol. The second-order valence-electron chi connectivity index (χ2n) is 7.55. The van der Waals surface area contributed by atoms with E-state index in [0.717, 1.165) is 42.6 Å². The van der Waals surface area contributed by atoms with Gasteiger partial charge in [-0.3, -0.25) is 4.90 Å². The molecule has 0 N–H and O–H groups in total. The van der Waals surface area contributed by atoms with Crippen LogP contribution in [0.5, 0.6) is 5.75 Å². The monoisotopic (exact) mass is 414 g/mol. The van der Waals surface area contributed by atoms with E-state index >= 15 is 0 Å². The van der Waals surface area contributed by atoms with Crippen molar-refractivity contribution in [3.05, 3.63) is 89.2 Å². The number of hydrogen-bond acceptors (Lipinski definition) is 2. The standard InChI is InChI=1S/C24H25F3N2O/c1-2-30-21-11-9-18(10-12-21)17-29-15-5-14-28-13-4-8-22(28)23(29)19-6-3-7-20(16-19)24(25,26)27/h3-4,6-13,16,23H,2,5,14-15,17H2,1H3. The van der Waals surface area contributed by atoms with Gasteiger partial charge in [0.25, 0.3) is 0 Å². The van der Waals surface area contributed by atoms with Crippen molar-refractivity contribution in [2.75, 3.05) is 13.2 Å². The first-order valence-corrected chi connectivity index (χ1v) is 10.2. The first-order chi connectivity index (χ1) is 14.5. The average Bonchev–Trinajstić information content (AvgIpc) is 3.10. The van der Waals surface area contributed by atoms with E-state index in [2.05, 4.69) is 9.47 Å². The van der Waals surface area contributed by atoms with Crippen molar-refractivity contribution in [2.45, 2.75) is 38.7 Å². The normalized spacial score (nSPS) is 17.4. The van der Waals surface area contributed by atoms with Gasteiger partial charge in [0, 0.05) is 31.5 Å². The quantitative estimate of drug-likeness (QED) is 0.517. The van der Waals surface area contributed by atoms with Gasteiger partial charge < -0.3 is 9.30 Å².